The lowest BCUT2D eigenvalue weighted by atomic mass is 9.76. The third-order valence-corrected chi connectivity index (χ3v) is 4.98. The molecule has 2 rings (SSSR count). The first-order valence-corrected chi connectivity index (χ1v) is 7.46. The van der Waals surface area contributed by atoms with E-state index in [1.807, 2.05) is 6.92 Å². The topological polar surface area (TPSA) is 104 Å². The van der Waals surface area contributed by atoms with Crippen LogP contribution in [-0.4, -0.2) is 59.0 Å². The molecule has 0 aromatic carbocycles. The molecule has 7 nitrogen and oxygen atoms in total. The monoisotopic (exact) mass is 297 g/mol. The van der Waals surface area contributed by atoms with E-state index < -0.39 is 11.4 Å². The number of carboxylic acids is 1. The predicted molar refractivity (Wildman–Crippen MR) is 75.4 cm³/mol. The van der Waals surface area contributed by atoms with Gasteiger partial charge in [-0.25, -0.2) is 4.79 Å². The minimum atomic E-state index is -0.771. The van der Waals surface area contributed by atoms with Crippen LogP contribution in [0.3, 0.4) is 0 Å². The second kappa shape index (κ2) is 5.91. The Hall–Kier alpha value is -1.79. The maximum Gasteiger partial charge on any atom is 0.320 e. The number of hydrogen-bond acceptors (Lipinski definition) is 3. The summed E-state index contributed by atoms with van der Waals surface area (Å²) in [6.07, 6.45) is 2.16. The summed E-state index contributed by atoms with van der Waals surface area (Å²) in [5.41, 5.74) is 4.57. The number of carboxylic acid groups (broad SMARTS) is 1. The molecule has 7 heteroatoms. The van der Waals surface area contributed by atoms with Gasteiger partial charge in [-0.3, -0.25) is 9.59 Å². The van der Waals surface area contributed by atoms with Crippen LogP contribution in [0.4, 0.5) is 4.79 Å². The Labute approximate surface area is 124 Å². The summed E-state index contributed by atoms with van der Waals surface area (Å²) in [6.45, 7) is 3.71. The van der Waals surface area contributed by atoms with Gasteiger partial charge < -0.3 is 20.6 Å². The second-order valence-electron chi connectivity index (χ2n) is 6.04. The molecule has 0 aromatic heterocycles. The minimum absolute atomic E-state index is 0.103. The number of rotatable bonds is 3. The van der Waals surface area contributed by atoms with Gasteiger partial charge in [0.25, 0.3) is 0 Å². The zero-order valence-corrected chi connectivity index (χ0v) is 12.4. The molecule has 2 heterocycles. The summed E-state index contributed by atoms with van der Waals surface area (Å²) in [4.78, 5) is 38.3. The van der Waals surface area contributed by atoms with Gasteiger partial charge in [0.05, 0.1) is 11.3 Å². The van der Waals surface area contributed by atoms with Crippen molar-refractivity contribution in [1.29, 1.82) is 0 Å². The van der Waals surface area contributed by atoms with Gasteiger partial charge in [0.15, 0.2) is 0 Å². The van der Waals surface area contributed by atoms with Crippen LogP contribution in [0, 0.1) is 11.3 Å². The van der Waals surface area contributed by atoms with Crippen LogP contribution >= 0.6 is 0 Å². The average molecular weight is 297 g/mol. The highest BCUT2D eigenvalue weighted by Gasteiger charge is 2.42. The highest BCUT2D eigenvalue weighted by atomic mass is 16.4. The number of nitrogens with two attached hydrogens (primary N) is 1. The van der Waals surface area contributed by atoms with Gasteiger partial charge in [-0.2, -0.15) is 0 Å². The normalized spacial score (nSPS) is 24.9. The van der Waals surface area contributed by atoms with E-state index >= 15 is 0 Å². The first-order valence-electron chi connectivity index (χ1n) is 7.46. The first-order chi connectivity index (χ1) is 9.89. The summed E-state index contributed by atoms with van der Waals surface area (Å²) >= 11 is 0. The Morgan fingerprint density at radius 3 is 2.24 bits per heavy atom. The van der Waals surface area contributed by atoms with Gasteiger partial charge in [-0.15, -0.1) is 0 Å². The third kappa shape index (κ3) is 2.96. The Morgan fingerprint density at radius 2 is 1.81 bits per heavy atom. The van der Waals surface area contributed by atoms with Crippen molar-refractivity contribution < 1.29 is 19.5 Å². The zero-order chi connectivity index (χ0) is 15.6. The molecule has 1 atom stereocenters. The molecule has 3 amide bonds. The molecule has 0 aliphatic carbocycles. The summed E-state index contributed by atoms with van der Waals surface area (Å²) < 4.78 is 0. The number of primary amides is 1. The van der Waals surface area contributed by atoms with Crippen LogP contribution in [0.1, 0.15) is 32.6 Å². The molecule has 21 heavy (non-hydrogen) atoms. The minimum Gasteiger partial charge on any atom is -0.481 e. The molecule has 0 radical (unpaired) electrons. The van der Waals surface area contributed by atoms with Crippen LogP contribution in [-0.2, 0) is 9.59 Å². The van der Waals surface area contributed by atoms with Crippen molar-refractivity contribution in [3.63, 3.8) is 0 Å². The van der Waals surface area contributed by atoms with Crippen molar-refractivity contribution in [2.75, 3.05) is 26.2 Å². The van der Waals surface area contributed by atoms with Crippen molar-refractivity contribution in [2.45, 2.75) is 32.6 Å². The van der Waals surface area contributed by atoms with E-state index in [9.17, 15) is 19.5 Å². The van der Waals surface area contributed by atoms with E-state index in [1.165, 1.54) is 0 Å². The van der Waals surface area contributed by atoms with Crippen molar-refractivity contribution in [2.24, 2.45) is 17.1 Å². The van der Waals surface area contributed by atoms with E-state index in [0.717, 1.165) is 0 Å². The van der Waals surface area contributed by atoms with Crippen LogP contribution in [0.15, 0.2) is 0 Å². The smallest absolute Gasteiger partial charge is 0.320 e. The Morgan fingerprint density at radius 1 is 1.19 bits per heavy atom. The molecule has 0 spiro atoms. The van der Waals surface area contributed by atoms with Crippen molar-refractivity contribution in [3.8, 4) is 0 Å². The first kappa shape index (κ1) is 15.6. The fraction of sp³-hybridized carbons (Fsp3) is 0.786. The fourth-order valence-electron chi connectivity index (χ4n) is 3.21. The van der Waals surface area contributed by atoms with Crippen LogP contribution in [0.2, 0.25) is 0 Å². The second-order valence-corrected chi connectivity index (χ2v) is 6.04. The number of urea groups is 1. The fourth-order valence-corrected chi connectivity index (χ4v) is 3.21. The number of carbonyl (C=O) groups is 3. The Balaban J connectivity index is 1.92. The largest absolute Gasteiger partial charge is 0.481 e. The molecular formula is C14H23N3O4. The molecule has 0 saturated carbocycles. The average Bonchev–Trinajstić information content (AvgIpc) is 2.96. The van der Waals surface area contributed by atoms with Gasteiger partial charge in [0.1, 0.15) is 0 Å². The van der Waals surface area contributed by atoms with Crippen molar-refractivity contribution in [3.05, 3.63) is 0 Å². The predicted octanol–water partition coefficient (Wildman–Crippen LogP) is 0.490. The zero-order valence-electron chi connectivity index (χ0n) is 12.4. The summed E-state index contributed by atoms with van der Waals surface area (Å²) in [7, 11) is 0. The molecule has 3 N–H and O–H groups in total. The lowest BCUT2D eigenvalue weighted by Gasteiger charge is -2.39. The van der Waals surface area contributed by atoms with Crippen LogP contribution < -0.4 is 5.73 Å². The molecule has 0 bridgehead atoms. The maximum atomic E-state index is 12.4. The standard InChI is InChI=1S/C14H23N3O4/c1-2-14(12(19)20)4-7-16(8-5-14)13(21)17-6-3-10(9-17)11(15)18/h10H,2-9H2,1H3,(H2,15,18)(H,19,20). The quantitative estimate of drug-likeness (QED) is 0.791. The Kier molecular flexibility index (Phi) is 4.39. The molecule has 0 aromatic rings. The highest BCUT2D eigenvalue weighted by Crippen LogP contribution is 2.35. The summed E-state index contributed by atoms with van der Waals surface area (Å²) in [6, 6.07) is -0.103. The third-order valence-electron chi connectivity index (χ3n) is 4.98. The molecule has 2 aliphatic heterocycles. The number of piperidine rings is 1. The van der Waals surface area contributed by atoms with Gasteiger partial charge in [-0.1, -0.05) is 6.92 Å². The number of amides is 3. The number of aliphatic carboxylic acids is 1. The van der Waals surface area contributed by atoms with E-state index in [2.05, 4.69) is 0 Å². The van der Waals surface area contributed by atoms with Crippen LogP contribution in [0.5, 0.6) is 0 Å². The van der Waals surface area contributed by atoms with Gasteiger partial charge in [0, 0.05) is 26.2 Å². The highest BCUT2D eigenvalue weighted by molar-refractivity contribution is 5.81. The van der Waals surface area contributed by atoms with Gasteiger partial charge >= 0.3 is 12.0 Å². The van der Waals surface area contributed by atoms with Crippen molar-refractivity contribution in [1.82, 2.24) is 9.80 Å². The van der Waals surface area contributed by atoms with Gasteiger partial charge in [-0.05, 0) is 25.7 Å². The van der Waals surface area contributed by atoms with Gasteiger partial charge in [0.2, 0.25) is 5.91 Å². The molecule has 118 valence electrons. The summed E-state index contributed by atoms with van der Waals surface area (Å²) in [5, 5.41) is 9.36. The number of hydrogen-bond donors (Lipinski definition) is 2. The van der Waals surface area contributed by atoms with E-state index in [0.29, 0.717) is 51.9 Å². The number of likely N-dealkylation sites (tertiary alicyclic amines) is 2. The lowest BCUT2D eigenvalue weighted by Crippen LogP contribution is -2.50. The molecule has 2 fully saturated rings. The maximum absolute atomic E-state index is 12.4. The Bertz CT molecular complexity index is 444. The SMILES string of the molecule is CCC1(C(=O)O)CCN(C(=O)N2CCC(C(N)=O)C2)CC1. The van der Waals surface area contributed by atoms with E-state index in [-0.39, 0.29) is 17.9 Å². The van der Waals surface area contributed by atoms with Crippen LogP contribution in [0.25, 0.3) is 0 Å². The van der Waals surface area contributed by atoms with Crippen molar-refractivity contribution >= 4 is 17.9 Å². The molecule has 2 aliphatic rings. The van der Waals surface area contributed by atoms with E-state index in [4.69, 9.17) is 5.73 Å². The molecular weight excluding hydrogens is 274 g/mol. The van der Waals surface area contributed by atoms with E-state index in [1.54, 1.807) is 9.80 Å². The molecule has 1 unspecified atom stereocenters. The number of nitrogens with zero attached hydrogens (tertiary/aromatic N) is 2. The lowest BCUT2D eigenvalue weighted by molar-refractivity contribution is -0.152. The summed E-state index contributed by atoms with van der Waals surface area (Å²) in [5.74, 6) is -1.39. The molecule has 2 saturated heterocycles. The number of carbonyl (C=O) groups excluding carboxylic acids is 2.